The van der Waals surface area contributed by atoms with E-state index in [0.717, 1.165) is 0 Å². The number of hydrogen-bond acceptors (Lipinski definition) is 1. The second-order valence-corrected chi connectivity index (χ2v) is 3.22. The molecule has 0 amide bonds. The van der Waals surface area contributed by atoms with Gasteiger partial charge in [0, 0.05) is 28.2 Å². The van der Waals surface area contributed by atoms with Crippen molar-refractivity contribution >= 4 is 26.4 Å². The molecule has 0 aromatic heterocycles. The average Bonchev–Trinajstić information content (AvgIpc) is 1.94. The van der Waals surface area contributed by atoms with Crippen molar-refractivity contribution in [3.63, 3.8) is 0 Å². The smallest absolute Gasteiger partial charge is 0.222 e. The SMILES string of the molecule is Cc1cc(C(=O)I)ccc1F. The number of rotatable bonds is 1. The fourth-order valence-corrected chi connectivity index (χ4v) is 1.10. The van der Waals surface area contributed by atoms with E-state index >= 15 is 0 Å². The zero-order valence-corrected chi connectivity index (χ0v) is 8.05. The van der Waals surface area contributed by atoms with Crippen LogP contribution in [0.5, 0.6) is 0 Å². The first-order valence-corrected chi connectivity index (χ1v) is 4.15. The van der Waals surface area contributed by atoms with Gasteiger partial charge in [0.1, 0.15) is 5.82 Å². The van der Waals surface area contributed by atoms with E-state index in [1.54, 1.807) is 35.6 Å². The van der Waals surface area contributed by atoms with Crippen LogP contribution in [0.15, 0.2) is 18.2 Å². The van der Waals surface area contributed by atoms with E-state index in [1.807, 2.05) is 0 Å². The maximum Gasteiger partial charge on any atom is 0.222 e. The summed E-state index contributed by atoms with van der Waals surface area (Å²) in [5.41, 5.74) is 1.05. The molecule has 1 aromatic carbocycles. The lowest BCUT2D eigenvalue weighted by Gasteiger charge is -1.97. The molecule has 58 valence electrons. The molecule has 0 heterocycles. The van der Waals surface area contributed by atoms with E-state index in [9.17, 15) is 9.18 Å². The average molecular weight is 264 g/mol. The topological polar surface area (TPSA) is 17.1 Å². The number of hydrogen-bond donors (Lipinski definition) is 0. The Bertz CT molecular complexity index is 296. The number of halogens is 2. The summed E-state index contributed by atoms with van der Waals surface area (Å²) in [7, 11) is 0. The van der Waals surface area contributed by atoms with Gasteiger partial charge in [-0.1, -0.05) is 0 Å². The van der Waals surface area contributed by atoms with Crippen molar-refractivity contribution in [3.05, 3.63) is 35.1 Å². The molecule has 1 nitrogen and oxygen atoms in total. The van der Waals surface area contributed by atoms with Crippen molar-refractivity contribution < 1.29 is 9.18 Å². The fourth-order valence-electron chi connectivity index (χ4n) is 0.767. The van der Waals surface area contributed by atoms with E-state index in [1.165, 1.54) is 12.1 Å². The Hall–Kier alpha value is -0.450. The zero-order valence-electron chi connectivity index (χ0n) is 5.90. The third-order valence-corrected chi connectivity index (χ3v) is 2.01. The van der Waals surface area contributed by atoms with Gasteiger partial charge in [-0.05, 0) is 30.7 Å². The molecule has 0 bridgehead atoms. The zero-order chi connectivity index (χ0) is 8.43. The van der Waals surface area contributed by atoms with Gasteiger partial charge in [0.05, 0.1) is 0 Å². The van der Waals surface area contributed by atoms with Crippen LogP contribution in [0.25, 0.3) is 0 Å². The molecule has 1 rings (SSSR count). The number of benzene rings is 1. The second kappa shape index (κ2) is 3.30. The highest BCUT2D eigenvalue weighted by molar-refractivity contribution is 14.1. The van der Waals surface area contributed by atoms with Gasteiger partial charge in [-0.15, -0.1) is 0 Å². The maximum absolute atomic E-state index is 12.6. The standard InChI is InChI=1S/C8H6FIO/c1-5-4-6(8(10)11)2-3-7(5)9/h2-4H,1H3. The molecule has 0 saturated heterocycles. The number of carbonyl (C=O) groups excluding carboxylic acids is 1. The molecule has 0 aliphatic rings. The van der Waals surface area contributed by atoms with Crippen molar-refractivity contribution in [2.24, 2.45) is 0 Å². The predicted octanol–water partition coefficient (Wildman–Crippen LogP) is 2.71. The molecule has 0 aliphatic carbocycles. The minimum Gasteiger partial charge on any atom is -0.282 e. The van der Waals surface area contributed by atoms with Crippen LogP contribution >= 0.6 is 22.6 Å². The quantitative estimate of drug-likeness (QED) is 0.563. The summed E-state index contributed by atoms with van der Waals surface area (Å²) in [5, 5.41) is 0. The van der Waals surface area contributed by atoms with Crippen molar-refractivity contribution in [1.29, 1.82) is 0 Å². The minimum absolute atomic E-state index is 0.0642. The molecular weight excluding hydrogens is 258 g/mol. The predicted molar refractivity (Wildman–Crippen MR) is 49.5 cm³/mol. The lowest BCUT2D eigenvalue weighted by molar-refractivity contribution is 0.110. The Balaban J connectivity index is 3.15. The molecule has 0 atom stereocenters. The molecule has 0 saturated carbocycles. The normalized spacial score (nSPS) is 9.73. The molecule has 0 fully saturated rings. The van der Waals surface area contributed by atoms with Crippen molar-refractivity contribution in [3.8, 4) is 0 Å². The minimum atomic E-state index is -0.272. The van der Waals surface area contributed by atoms with Crippen LogP contribution < -0.4 is 0 Å². The molecule has 11 heavy (non-hydrogen) atoms. The van der Waals surface area contributed by atoms with Crippen LogP contribution in [0.1, 0.15) is 15.9 Å². The molecule has 3 heteroatoms. The first-order chi connectivity index (χ1) is 5.11. The third-order valence-electron chi connectivity index (χ3n) is 1.38. The van der Waals surface area contributed by atoms with Crippen LogP contribution in [0.3, 0.4) is 0 Å². The van der Waals surface area contributed by atoms with Crippen molar-refractivity contribution in [1.82, 2.24) is 0 Å². The monoisotopic (exact) mass is 264 g/mol. The molecule has 0 N–H and O–H groups in total. The van der Waals surface area contributed by atoms with Gasteiger partial charge in [0.2, 0.25) is 3.79 Å². The highest BCUT2D eigenvalue weighted by Gasteiger charge is 2.02. The van der Waals surface area contributed by atoms with Gasteiger partial charge in [-0.25, -0.2) is 4.39 Å². The van der Waals surface area contributed by atoms with Crippen LogP contribution in [0, 0.1) is 12.7 Å². The Morgan fingerprint density at radius 3 is 2.64 bits per heavy atom. The fraction of sp³-hybridized carbons (Fsp3) is 0.125. The summed E-state index contributed by atoms with van der Waals surface area (Å²) < 4.78 is 12.6. The third kappa shape index (κ3) is 1.99. The van der Waals surface area contributed by atoms with E-state index < -0.39 is 0 Å². The van der Waals surface area contributed by atoms with Gasteiger partial charge in [-0.2, -0.15) is 0 Å². The lowest BCUT2D eigenvalue weighted by atomic mass is 10.1. The van der Waals surface area contributed by atoms with Crippen LogP contribution in [0.4, 0.5) is 4.39 Å². The summed E-state index contributed by atoms with van der Waals surface area (Å²) in [4.78, 5) is 10.8. The Morgan fingerprint density at radius 1 is 1.55 bits per heavy atom. The molecule has 0 spiro atoms. The number of carbonyl (C=O) groups is 1. The molecule has 0 aliphatic heterocycles. The Kier molecular flexibility index (Phi) is 2.59. The highest BCUT2D eigenvalue weighted by Crippen LogP contribution is 2.11. The summed E-state index contributed by atoms with van der Waals surface area (Å²) in [6, 6.07) is 4.34. The maximum atomic E-state index is 12.6. The van der Waals surface area contributed by atoms with E-state index in [2.05, 4.69) is 0 Å². The summed E-state index contributed by atoms with van der Waals surface area (Å²) in [6.07, 6.45) is 0. The van der Waals surface area contributed by atoms with Gasteiger partial charge >= 0.3 is 0 Å². The second-order valence-electron chi connectivity index (χ2n) is 2.24. The molecule has 1 aromatic rings. The summed E-state index contributed by atoms with van der Waals surface area (Å²) in [5.74, 6) is -0.272. The number of aryl methyl sites for hydroxylation is 1. The van der Waals surface area contributed by atoms with Crippen molar-refractivity contribution in [2.45, 2.75) is 6.92 Å². The lowest BCUT2D eigenvalue weighted by Crippen LogP contribution is -1.90. The van der Waals surface area contributed by atoms with Gasteiger partial charge in [-0.3, -0.25) is 4.79 Å². The van der Waals surface area contributed by atoms with Crippen LogP contribution in [0.2, 0.25) is 0 Å². The van der Waals surface area contributed by atoms with E-state index in [0.29, 0.717) is 11.1 Å². The first-order valence-electron chi connectivity index (χ1n) is 3.07. The largest absolute Gasteiger partial charge is 0.282 e. The summed E-state index contributed by atoms with van der Waals surface area (Å²) in [6.45, 7) is 1.64. The molecule has 0 radical (unpaired) electrons. The van der Waals surface area contributed by atoms with Gasteiger partial charge in [0.25, 0.3) is 0 Å². The van der Waals surface area contributed by atoms with Crippen molar-refractivity contribution in [2.75, 3.05) is 0 Å². The van der Waals surface area contributed by atoms with Gasteiger partial charge < -0.3 is 0 Å². The van der Waals surface area contributed by atoms with Crippen LogP contribution in [-0.4, -0.2) is 3.79 Å². The molecular formula is C8H6FIO. The molecule has 0 unspecified atom stereocenters. The van der Waals surface area contributed by atoms with Gasteiger partial charge in [0.15, 0.2) is 0 Å². The summed E-state index contributed by atoms with van der Waals surface area (Å²) >= 11 is 1.68. The van der Waals surface area contributed by atoms with Crippen LogP contribution in [-0.2, 0) is 0 Å². The Labute approximate surface area is 77.8 Å². The first kappa shape index (κ1) is 8.64. The van der Waals surface area contributed by atoms with E-state index in [-0.39, 0.29) is 9.61 Å². The Morgan fingerprint density at radius 2 is 2.18 bits per heavy atom. The van der Waals surface area contributed by atoms with E-state index in [4.69, 9.17) is 0 Å². The highest BCUT2D eigenvalue weighted by atomic mass is 127.